The van der Waals surface area contributed by atoms with Gasteiger partial charge in [-0.3, -0.25) is 9.78 Å². The molecule has 8 nitrogen and oxygen atoms in total. The number of nitrogens with two attached hydrogens (primary N) is 1. The SMILES string of the molecule is CC1(C(N)=O)CCC(Nc2nc(-c3ccc(N4CCOCC4)cc3)cc3nccnc23)CC1. The second-order valence-corrected chi connectivity index (χ2v) is 9.27. The maximum atomic E-state index is 11.8. The van der Waals surface area contributed by atoms with E-state index in [0.717, 1.165) is 80.1 Å². The van der Waals surface area contributed by atoms with E-state index in [2.05, 4.69) is 44.5 Å². The van der Waals surface area contributed by atoms with Crippen molar-refractivity contribution in [3.05, 3.63) is 42.7 Å². The van der Waals surface area contributed by atoms with E-state index in [9.17, 15) is 4.79 Å². The largest absolute Gasteiger partial charge is 0.378 e. The van der Waals surface area contributed by atoms with Crippen LogP contribution >= 0.6 is 0 Å². The van der Waals surface area contributed by atoms with Crippen molar-refractivity contribution in [3.63, 3.8) is 0 Å². The average Bonchev–Trinajstić information content (AvgIpc) is 2.86. The molecule has 8 heteroatoms. The number of anilines is 2. The van der Waals surface area contributed by atoms with Gasteiger partial charge >= 0.3 is 0 Å². The number of carbonyl (C=O) groups excluding carboxylic acids is 1. The van der Waals surface area contributed by atoms with Gasteiger partial charge in [-0.1, -0.05) is 19.1 Å². The highest BCUT2D eigenvalue weighted by molar-refractivity contribution is 5.88. The number of aromatic nitrogens is 3. The summed E-state index contributed by atoms with van der Waals surface area (Å²) in [7, 11) is 0. The van der Waals surface area contributed by atoms with Gasteiger partial charge in [-0.25, -0.2) is 9.97 Å². The van der Waals surface area contributed by atoms with E-state index in [-0.39, 0.29) is 11.9 Å². The Kier molecular flexibility index (Phi) is 5.85. The number of rotatable bonds is 5. The first-order valence-corrected chi connectivity index (χ1v) is 11.6. The summed E-state index contributed by atoms with van der Waals surface area (Å²) >= 11 is 0. The van der Waals surface area contributed by atoms with Crippen molar-refractivity contribution in [2.45, 2.75) is 38.6 Å². The molecule has 1 aliphatic carbocycles. The summed E-state index contributed by atoms with van der Waals surface area (Å²) in [6.07, 6.45) is 6.66. The highest BCUT2D eigenvalue weighted by Crippen LogP contribution is 2.37. The van der Waals surface area contributed by atoms with Crippen LogP contribution < -0.4 is 16.0 Å². The van der Waals surface area contributed by atoms with Crippen LogP contribution in [0.25, 0.3) is 22.3 Å². The van der Waals surface area contributed by atoms with Crippen molar-refractivity contribution in [1.29, 1.82) is 0 Å². The molecule has 1 aromatic carbocycles. The molecule has 2 aliphatic rings. The Morgan fingerprint density at radius 2 is 1.82 bits per heavy atom. The quantitative estimate of drug-likeness (QED) is 0.619. The molecular formula is C25H30N6O2. The standard InChI is InChI=1S/C25H30N6O2/c1-25(24(26)32)8-6-18(7-9-25)29-23-22-21(27-10-11-28-22)16-20(30-23)17-2-4-19(5-3-17)31-12-14-33-15-13-31/h2-5,10-11,16,18H,6-9,12-15H2,1H3,(H2,26,32)(H,29,30). The van der Waals surface area contributed by atoms with E-state index in [1.54, 1.807) is 12.4 Å². The second kappa shape index (κ2) is 8.94. The number of nitrogens with one attached hydrogen (secondary N) is 1. The number of pyridine rings is 1. The van der Waals surface area contributed by atoms with Gasteiger partial charge in [0.25, 0.3) is 0 Å². The molecule has 0 atom stereocenters. The molecular weight excluding hydrogens is 416 g/mol. The molecule has 0 spiro atoms. The Morgan fingerprint density at radius 3 is 2.52 bits per heavy atom. The molecule has 2 aromatic heterocycles. The number of morpholine rings is 1. The third-order valence-electron chi connectivity index (χ3n) is 7.02. The summed E-state index contributed by atoms with van der Waals surface area (Å²) in [5.74, 6) is 0.526. The Balaban J connectivity index is 1.40. The predicted molar refractivity (Wildman–Crippen MR) is 129 cm³/mol. The lowest BCUT2D eigenvalue weighted by molar-refractivity contribution is -0.128. The normalized spacial score (nSPS) is 23.4. The van der Waals surface area contributed by atoms with Gasteiger partial charge < -0.3 is 20.7 Å². The topological polar surface area (TPSA) is 106 Å². The zero-order chi connectivity index (χ0) is 22.8. The number of ether oxygens (including phenoxy) is 1. The van der Waals surface area contributed by atoms with E-state index in [1.165, 1.54) is 5.69 Å². The molecule has 172 valence electrons. The number of fused-ring (bicyclic) bond motifs is 1. The van der Waals surface area contributed by atoms with Crippen molar-refractivity contribution in [2.24, 2.45) is 11.1 Å². The van der Waals surface area contributed by atoms with Crippen LogP contribution in [0.4, 0.5) is 11.5 Å². The predicted octanol–water partition coefficient (Wildman–Crippen LogP) is 3.37. The van der Waals surface area contributed by atoms with Gasteiger partial charge in [-0.2, -0.15) is 0 Å². The lowest BCUT2D eigenvalue weighted by atomic mass is 9.73. The fourth-order valence-corrected chi connectivity index (χ4v) is 4.72. The minimum atomic E-state index is -0.419. The van der Waals surface area contributed by atoms with Crippen molar-refractivity contribution in [3.8, 4) is 11.3 Å². The maximum absolute atomic E-state index is 11.8. The molecule has 0 unspecified atom stereocenters. The molecule has 5 rings (SSSR count). The minimum Gasteiger partial charge on any atom is -0.378 e. The van der Waals surface area contributed by atoms with Crippen LogP contribution in [0, 0.1) is 5.41 Å². The second-order valence-electron chi connectivity index (χ2n) is 9.27. The van der Waals surface area contributed by atoms with Gasteiger partial charge in [-0.15, -0.1) is 0 Å². The Hall–Kier alpha value is -3.26. The lowest BCUT2D eigenvalue weighted by Crippen LogP contribution is -2.40. The van der Waals surface area contributed by atoms with Crippen molar-refractivity contribution < 1.29 is 9.53 Å². The summed E-state index contributed by atoms with van der Waals surface area (Å²) in [5.41, 5.74) is 9.85. The first-order valence-electron chi connectivity index (χ1n) is 11.6. The van der Waals surface area contributed by atoms with Gasteiger partial charge in [-0.05, 0) is 43.9 Å². The van der Waals surface area contributed by atoms with Crippen LogP contribution in [0.1, 0.15) is 32.6 Å². The van der Waals surface area contributed by atoms with Crippen LogP contribution in [0.2, 0.25) is 0 Å². The third kappa shape index (κ3) is 4.48. The van der Waals surface area contributed by atoms with Gasteiger partial charge in [0.1, 0.15) is 5.52 Å². The van der Waals surface area contributed by atoms with E-state index >= 15 is 0 Å². The molecule has 0 bridgehead atoms. The molecule has 33 heavy (non-hydrogen) atoms. The van der Waals surface area contributed by atoms with E-state index < -0.39 is 5.41 Å². The Labute approximate surface area is 193 Å². The Morgan fingerprint density at radius 1 is 1.12 bits per heavy atom. The van der Waals surface area contributed by atoms with Crippen LogP contribution in [0.15, 0.2) is 42.7 Å². The van der Waals surface area contributed by atoms with Gasteiger partial charge in [0, 0.05) is 48.2 Å². The average molecular weight is 447 g/mol. The fraction of sp³-hybridized carbons (Fsp3) is 0.440. The van der Waals surface area contributed by atoms with Gasteiger partial charge in [0.2, 0.25) is 5.91 Å². The zero-order valence-corrected chi connectivity index (χ0v) is 19.0. The summed E-state index contributed by atoms with van der Waals surface area (Å²) in [4.78, 5) is 28.1. The molecule has 2 fully saturated rings. The highest BCUT2D eigenvalue weighted by atomic mass is 16.5. The number of hydrogen-bond acceptors (Lipinski definition) is 7. The van der Waals surface area contributed by atoms with Crippen molar-refractivity contribution >= 4 is 28.4 Å². The van der Waals surface area contributed by atoms with Crippen LogP contribution in [-0.2, 0) is 9.53 Å². The monoisotopic (exact) mass is 446 g/mol. The summed E-state index contributed by atoms with van der Waals surface area (Å²) in [6, 6.07) is 10.7. The van der Waals surface area contributed by atoms with Crippen molar-refractivity contribution in [1.82, 2.24) is 15.0 Å². The zero-order valence-electron chi connectivity index (χ0n) is 19.0. The smallest absolute Gasteiger partial charge is 0.223 e. The summed E-state index contributed by atoms with van der Waals surface area (Å²) in [5, 5.41) is 3.59. The number of carbonyl (C=O) groups is 1. The fourth-order valence-electron chi connectivity index (χ4n) is 4.72. The molecule has 3 aromatic rings. The first-order chi connectivity index (χ1) is 16.0. The highest BCUT2D eigenvalue weighted by Gasteiger charge is 2.36. The first kappa shape index (κ1) is 21.6. The molecule has 1 amide bonds. The number of hydrogen-bond donors (Lipinski definition) is 2. The number of primary amides is 1. The van der Waals surface area contributed by atoms with Gasteiger partial charge in [0.05, 0.1) is 24.4 Å². The van der Waals surface area contributed by atoms with Crippen LogP contribution in [-0.4, -0.2) is 53.2 Å². The molecule has 3 heterocycles. The summed E-state index contributed by atoms with van der Waals surface area (Å²) < 4.78 is 5.46. The molecule has 1 saturated heterocycles. The summed E-state index contributed by atoms with van der Waals surface area (Å²) in [6.45, 7) is 5.32. The Bertz CT molecular complexity index is 1140. The third-order valence-corrected chi connectivity index (χ3v) is 7.02. The minimum absolute atomic E-state index is 0.210. The number of amides is 1. The number of benzene rings is 1. The molecule has 1 aliphatic heterocycles. The maximum Gasteiger partial charge on any atom is 0.223 e. The van der Waals surface area contributed by atoms with Gasteiger partial charge in [0.15, 0.2) is 5.82 Å². The van der Waals surface area contributed by atoms with Crippen molar-refractivity contribution in [2.75, 3.05) is 36.5 Å². The van der Waals surface area contributed by atoms with E-state index in [0.29, 0.717) is 0 Å². The molecule has 1 saturated carbocycles. The molecule has 0 radical (unpaired) electrons. The van der Waals surface area contributed by atoms with E-state index in [4.69, 9.17) is 15.5 Å². The lowest BCUT2D eigenvalue weighted by Gasteiger charge is -2.35. The van der Waals surface area contributed by atoms with Crippen LogP contribution in [0.5, 0.6) is 0 Å². The molecule has 3 N–H and O–H groups in total. The van der Waals surface area contributed by atoms with Crippen LogP contribution in [0.3, 0.4) is 0 Å². The van der Waals surface area contributed by atoms with E-state index in [1.807, 2.05) is 13.0 Å². The number of nitrogens with zero attached hydrogens (tertiary/aromatic N) is 4.